The SMILES string of the molecule is COc1ccccc1C(C)(N)Cc1cc(F)ccc1C. The molecule has 2 N–H and O–H groups in total. The summed E-state index contributed by atoms with van der Waals surface area (Å²) in [7, 11) is 1.63. The monoisotopic (exact) mass is 273 g/mol. The maximum absolute atomic E-state index is 13.4. The Labute approximate surface area is 119 Å². The van der Waals surface area contributed by atoms with Crippen LogP contribution in [0.5, 0.6) is 5.75 Å². The third kappa shape index (κ3) is 2.99. The normalized spacial score (nSPS) is 13.8. The summed E-state index contributed by atoms with van der Waals surface area (Å²) < 4.78 is 18.8. The van der Waals surface area contributed by atoms with E-state index >= 15 is 0 Å². The van der Waals surface area contributed by atoms with Gasteiger partial charge in [-0.2, -0.15) is 0 Å². The smallest absolute Gasteiger partial charge is 0.123 e. The lowest BCUT2D eigenvalue weighted by Gasteiger charge is -2.28. The zero-order valence-corrected chi connectivity index (χ0v) is 12.1. The van der Waals surface area contributed by atoms with Crippen LogP contribution in [0.2, 0.25) is 0 Å². The molecular weight excluding hydrogens is 253 g/mol. The predicted octanol–water partition coefficient (Wildman–Crippen LogP) is 3.56. The van der Waals surface area contributed by atoms with Crippen LogP contribution < -0.4 is 10.5 Å². The van der Waals surface area contributed by atoms with Gasteiger partial charge < -0.3 is 10.5 Å². The lowest BCUT2D eigenvalue weighted by atomic mass is 9.84. The standard InChI is InChI=1S/C17H20FNO/c1-12-8-9-14(18)10-13(12)11-17(2,19)15-6-4-5-7-16(15)20-3/h4-10H,11,19H2,1-3H3. The van der Waals surface area contributed by atoms with Crippen molar-refractivity contribution in [2.45, 2.75) is 25.8 Å². The highest BCUT2D eigenvalue weighted by Crippen LogP contribution is 2.31. The predicted molar refractivity (Wildman–Crippen MR) is 79.4 cm³/mol. The Morgan fingerprint density at radius 1 is 1.20 bits per heavy atom. The van der Waals surface area contributed by atoms with Gasteiger partial charge in [0.2, 0.25) is 0 Å². The summed E-state index contributed by atoms with van der Waals surface area (Å²) in [4.78, 5) is 0. The molecule has 0 fully saturated rings. The van der Waals surface area contributed by atoms with Gasteiger partial charge in [0.15, 0.2) is 0 Å². The third-order valence-electron chi connectivity index (χ3n) is 3.59. The van der Waals surface area contributed by atoms with Crippen molar-refractivity contribution in [3.8, 4) is 5.75 Å². The van der Waals surface area contributed by atoms with Crippen LogP contribution in [-0.2, 0) is 12.0 Å². The molecular formula is C17H20FNO. The van der Waals surface area contributed by atoms with Crippen molar-refractivity contribution in [1.82, 2.24) is 0 Å². The van der Waals surface area contributed by atoms with Gasteiger partial charge in [-0.05, 0) is 49.6 Å². The van der Waals surface area contributed by atoms with Crippen LogP contribution in [0, 0.1) is 12.7 Å². The minimum Gasteiger partial charge on any atom is -0.496 e. The number of hydrogen-bond donors (Lipinski definition) is 1. The second-order valence-corrected chi connectivity index (χ2v) is 5.37. The largest absolute Gasteiger partial charge is 0.496 e. The lowest BCUT2D eigenvalue weighted by molar-refractivity contribution is 0.386. The van der Waals surface area contributed by atoms with E-state index in [2.05, 4.69) is 0 Å². The van der Waals surface area contributed by atoms with E-state index < -0.39 is 5.54 Å². The summed E-state index contributed by atoms with van der Waals surface area (Å²) in [6, 6.07) is 12.5. The number of halogens is 1. The summed E-state index contributed by atoms with van der Waals surface area (Å²) in [5, 5.41) is 0. The summed E-state index contributed by atoms with van der Waals surface area (Å²) >= 11 is 0. The number of aryl methyl sites for hydroxylation is 1. The first-order valence-corrected chi connectivity index (χ1v) is 6.61. The third-order valence-corrected chi connectivity index (χ3v) is 3.59. The molecule has 0 aliphatic carbocycles. The van der Waals surface area contributed by atoms with Crippen LogP contribution in [-0.4, -0.2) is 7.11 Å². The van der Waals surface area contributed by atoms with Crippen molar-refractivity contribution < 1.29 is 9.13 Å². The van der Waals surface area contributed by atoms with Gasteiger partial charge in [0.05, 0.1) is 7.11 Å². The average Bonchev–Trinajstić information content (AvgIpc) is 2.42. The Bertz CT molecular complexity index is 608. The second-order valence-electron chi connectivity index (χ2n) is 5.37. The maximum atomic E-state index is 13.4. The molecule has 0 aliphatic heterocycles. The van der Waals surface area contributed by atoms with E-state index in [9.17, 15) is 4.39 Å². The number of hydrogen-bond acceptors (Lipinski definition) is 2. The number of rotatable bonds is 4. The Balaban J connectivity index is 2.37. The van der Waals surface area contributed by atoms with E-state index in [0.29, 0.717) is 6.42 Å². The second kappa shape index (κ2) is 5.63. The fraction of sp³-hybridized carbons (Fsp3) is 0.294. The molecule has 2 nitrogen and oxygen atoms in total. The Hall–Kier alpha value is -1.87. The van der Waals surface area contributed by atoms with Gasteiger partial charge in [-0.15, -0.1) is 0 Å². The zero-order valence-electron chi connectivity index (χ0n) is 12.1. The first-order chi connectivity index (χ1) is 9.44. The molecule has 0 radical (unpaired) electrons. The van der Waals surface area contributed by atoms with E-state index in [1.54, 1.807) is 19.2 Å². The number of benzene rings is 2. The molecule has 0 amide bonds. The molecule has 3 heteroatoms. The molecule has 0 saturated heterocycles. The van der Waals surface area contributed by atoms with Crippen molar-refractivity contribution in [3.05, 3.63) is 65.0 Å². The molecule has 2 aromatic rings. The highest BCUT2D eigenvalue weighted by atomic mass is 19.1. The van der Waals surface area contributed by atoms with Crippen LogP contribution in [0.3, 0.4) is 0 Å². The van der Waals surface area contributed by atoms with Crippen molar-refractivity contribution in [1.29, 1.82) is 0 Å². The van der Waals surface area contributed by atoms with Crippen LogP contribution in [0.1, 0.15) is 23.6 Å². The average molecular weight is 273 g/mol. The number of methoxy groups -OCH3 is 1. The van der Waals surface area contributed by atoms with E-state index in [1.807, 2.05) is 38.1 Å². The van der Waals surface area contributed by atoms with E-state index in [1.165, 1.54) is 6.07 Å². The van der Waals surface area contributed by atoms with Crippen molar-refractivity contribution >= 4 is 0 Å². The molecule has 0 aliphatic rings. The number of nitrogens with two attached hydrogens (primary N) is 1. The molecule has 0 heterocycles. The summed E-state index contributed by atoms with van der Waals surface area (Å²) in [5.41, 5.74) is 8.72. The molecule has 106 valence electrons. The van der Waals surface area contributed by atoms with E-state index in [0.717, 1.165) is 22.4 Å². The molecule has 0 spiro atoms. The van der Waals surface area contributed by atoms with Gasteiger partial charge in [0.25, 0.3) is 0 Å². The minimum atomic E-state index is -0.620. The molecule has 2 aromatic carbocycles. The molecule has 0 bridgehead atoms. The first kappa shape index (κ1) is 14.5. The molecule has 0 aromatic heterocycles. The molecule has 1 unspecified atom stereocenters. The Morgan fingerprint density at radius 2 is 1.90 bits per heavy atom. The van der Waals surface area contributed by atoms with Gasteiger partial charge in [0, 0.05) is 11.1 Å². The maximum Gasteiger partial charge on any atom is 0.123 e. The van der Waals surface area contributed by atoms with Crippen LogP contribution in [0.15, 0.2) is 42.5 Å². The van der Waals surface area contributed by atoms with Crippen LogP contribution >= 0.6 is 0 Å². The van der Waals surface area contributed by atoms with Crippen molar-refractivity contribution in [2.75, 3.05) is 7.11 Å². The number of ether oxygens (including phenoxy) is 1. The van der Waals surface area contributed by atoms with Crippen molar-refractivity contribution in [3.63, 3.8) is 0 Å². The Kier molecular flexibility index (Phi) is 4.09. The van der Waals surface area contributed by atoms with Gasteiger partial charge >= 0.3 is 0 Å². The molecule has 0 saturated carbocycles. The van der Waals surface area contributed by atoms with Gasteiger partial charge in [-0.25, -0.2) is 4.39 Å². The number of para-hydroxylation sites is 1. The van der Waals surface area contributed by atoms with Crippen molar-refractivity contribution in [2.24, 2.45) is 5.73 Å². The topological polar surface area (TPSA) is 35.2 Å². The minimum absolute atomic E-state index is 0.235. The van der Waals surface area contributed by atoms with Crippen LogP contribution in [0.25, 0.3) is 0 Å². The fourth-order valence-corrected chi connectivity index (χ4v) is 2.44. The Morgan fingerprint density at radius 3 is 2.60 bits per heavy atom. The lowest BCUT2D eigenvalue weighted by Crippen LogP contribution is -2.36. The first-order valence-electron chi connectivity index (χ1n) is 6.61. The zero-order chi connectivity index (χ0) is 14.8. The molecule has 2 rings (SSSR count). The highest BCUT2D eigenvalue weighted by molar-refractivity contribution is 5.40. The quantitative estimate of drug-likeness (QED) is 0.924. The van der Waals surface area contributed by atoms with Gasteiger partial charge in [-0.3, -0.25) is 0 Å². The van der Waals surface area contributed by atoms with Gasteiger partial charge in [0.1, 0.15) is 11.6 Å². The molecule has 1 atom stereocenters. The van der Waals surface area contributed by atoms with Gasteiger partial charge in [-0.1, -0.05) is 24.3 Å². The summed E-state index contributed by atoms with van der Waals surface area (Å²) in [6.07, 6.45) is 0.553. The highest BCUT2D eigenvalue weighted by Gasteiger charge is 2.26. The van der Waals surface area contributed by atoms with E-state index in [4.69, 9.17) is 10.5 Å². The fourth-order valence-electron chi connectivity index (χ4n) is 2.44. The van der Waals surface area contributed by atoms with E-state index in [-0.39, 0.29) is 5.82 Å². The van der Waals surface area contributed by atoms with Crippen LogP contribution in [0.4, 0.5) is 4.39 Å². The summed E-state index contributed by atoms with van der Waals surface area (Å²) in [6.45, 7) is 3.91. The summed E-state index contributed by atoms with van der Waals surface area (Å²) in [5.74, 6) is 0.521. The molecule has 20 heavy (non-hydrogen) atoms.